The normalized spacial score (nSPS) is 11.3. The molecule has 0 saturated carbocycles. The van der Waals surface area contributed by atoms with Gasteiger partial charge in [-0.2, -0.15) is 10.5 Å². The largest absolute Gasteiger partial charge is 0.309 e. The van der Waals surface area contributed by atoms with Gasteiger partial charge in [0, 0.05) is 38.5 Å². The number of hydrogen-bond acceptors (Lipinski definition) is 2. The third-order valence-corrected chi connectivity index (χ3v) is 8.20. The Hall–Kier alpha value is -6.10. The molecule has 0 N–H and O–H groups in total. The second-order valence-corrected chi connectivity index (χ2v) is 10.4. The van der Waals surface area contributed by atoms with E-state index in [0.29, 0.717) is 16.7 Å². The summed E-state index contributed by atoms with van der Waals surface area (Å²) in [4.78, 5) is 0. The number of aromatic nitrogens is 2. The van der Waals surface area contributed by atoms with Crippen molar-refractivity contribution in [1.29, 1.82) is 10.5 Å². The van der Waals surface area contributed by atoms with Crippen LogP contribution in [0.2, 0.25) is 0 Å². The van der Waals surface area contributed by atoms with E-state index in [2.05, 4.69) is 124 Å². The fourth-order valence-electron chi connectivity index (χ4n) is 6.41. The summed E-state index contributed by atoms with van der Waals surface area (Å²) in [7, 11) is 0. The Morgan fingerprint density at radius 2 is 0.929 bits per heavy atom. The fourth-order valence-corrected chi connectivity index (χ4v) is 6.41. The lowest BCUT2D eigenvalue weighted by Gasteiger charge is -2.11. The second kappa shape index (κ2) is 9.24. The molecule has 8 rings (SSSR count). The molecule has 0 aliphatic carbocycles. The Kier molecular flexibility index (Phi) is 5.22. The van der Waals surface area contributed by atoms with Crippen molar-refractivity contribution in [3.8, 4) is 34.6 Å². The summed E-state index contributed by atoms with van der Waals surface area (Å²) in [5.41, 5.74) is 9.25. The molecule has 0 radical (unpaired) electrons. The van der Waals surface area contributed by atoms with Crippen LogP contribution in [0.15, 0.2) is 133 Å². The van der Waals surface area contributed by atoms with Gasteiger partial charge in [-0.05, 0) is 72.3 Å². The Bertz CT molecular complexity index is 2400. The summed E-state index contributed by atoms with van der Waals surface area (Å²) in [5, 5.41) is 24.2. The van der Waals surface area contributed by atoms with E-state index in [9.17, 15) is 10.5 Å². The first-order chi connectivity index (χ1) is 20.8. The van der Waals surface area contributed by atoms with Crippen molar-refractivity contribution in [1.82, 2.24) is 9.13 Å². The Morgan fingerprint density at radius 3 is 1.57 bits per heavy atom. The first kappa shape index (κ1) is 23.8. The second-order valence-electron chi connectivity index (χ2n) is 10.4. The van der Waals surface area contributed by atoms with Crippen molar-refractivity contribution >= 4 is 43.6 Å². The summed E-state index contributed by atoms with van der Waals surface area (Å²) in [6.45, 7) is 0. The molecule has 42 heavy (non-hydrogen) atoms. The van der Waals surface area contributed by atoms with Crippen molar-refractivity contribution in [3.05, 3.63) is 145 Å². The van der Waals surface area contributed by atoms with Gasteiger partial charge >= 0.3 is 0 Å². The lowest BCUT2D eigenvalue weighted by Crippen LogP contribution is -1.95. The van der Waals surface area contributed by atoms with Crippen LogP contribution in [-0.4, -0.2) is 9.13 Å². The van der Waals surface area contributed by atoms with Crippen LogP contribution in [-0.2, 0) is 0 Å². The smallest absolute Gasteiger partial charge is 0.0998 e. The van der Waals surface area contributed by atoms with Crippen LogP contribution in [0.3, 0.4) is 0 Å². The van der Waals surface area contributed by atoms with Gasteiger partial charge in [-0.15, -0.1) is 0 Å². The first-order valence-electron chi connectivity index (χ1n) is 13.8. The molecular weight excluding hydrogens is 512 g/mol. The van der Waals surface area contributed by atoms with E-state index < -0.39 is 0 Å². The molecule has 0 saturated heterocycles. The third kappa shape index (κ3) is 3.40. The highest BCUT2D eigenvalue weighted by atomic mass is 15.0. The monoisotopic (exact) mass is 534 g/mol. The number of fused-ring (bicyclic) bond motifs is 6. The van der Waals surface area contributed by atoms with Crippen LogP contribution in [0.5, 0.6) is 0 Å². The topological polar surface area (TPSA) is 57.4 Å². The lowest BCUT2D eigenvalue weighted by molar-refractivity contribution is 1.17. The van der Waals surface area contributed by atoms with Crippen LogP contribution in [0.1, 0.15) is 11.1 Å². The minimum atomic E-state index is 0.498. The average Bonchev–Trinajstić information content (AvgIpc) is 3.57. The van der Waals surface area contributed by atoms with Gasteiger partial charge in [0.05, 0.1) is 45.3 Å². The highest BCUT2D eigenvalue weighted by Crippen LogP contribution is 2.39. The Morgan fingerprint density at radius 1 is 0.405 bits per heavy atom. The molecule has 0 fully saturated rings. The van der Waals surface area contributed by atoms with Crippen LogP contribution in [0.4, 0.5) is 0 Å². The maximum Gasteiger partial charge on any atom is 0.0998 e. The van der Waals surface area contributed by atoms with Crippen molar-refractivity contribution in [2.75, 3.05) is 0 Å². The van der Waals surface area contributed by atoms with Crippen LogP contribution >= 0.6 is 0 Å². The van der Waals surface area contributed by atoms with E-state index in [1.165, 1.54) is 16.3 Å². The van der Waals surface area contributed by atoms with Gasteiger partial charge in [-0.25, -0.2) is 0 Å². The number of nitrogens with zero attached hydrogens (tertiary/aromatic N) is 4. The Labute approximate surface area is 242 Å². The van der Waals surface area contributed by atoms with Crippen molar-refractivity contribution in [2.24, 2.45) is 0 Å². The van der Waals surface area contributed by atoms with Gasteiger partial charge in [-0.3, -0.25) is 0 Å². The van der Waals surface area contributed by atoms with Crippen LogP contribution in [0.25, 0.3) is 66.1 Å². The lowest BCUT2D eigenvalue weighted by atomic mass is 9.94. The number of hydrogen-bond donors (Lipinski definition) is 0. The van der Waals surface area contributed by atoms with Crippen molar-refractivity contribution < 1.29 is 0 Å². The summed E-state index contributed by atoms with van der Waals surface area (Å²) in [6, 6.07) is 50.2. The predicted molar refractivity (Wildman–Crippen MR) is 170 cm³/mol. The first-order valence-corrected chi connectivity index (χ1v) is 13.8. The van der Waals surface area contributed by atoms with Gasteiger partial charge in [0.1, 0.15) is 0 Å². The fraction of sp³-hybridized carbons (Fsp3) is 0. The molecule has 0 amide bonds. The van der Waals surface area contributed by atoms with Gasteiger partial charge < -0.3 is 9.13 Å². The average molecular weight is 535 g/mol. The van der Waals surface area contributed by atoms with E-state index >= 15 is 0 Å². The molecule has 2 aromatic heterocycles. The number of nitriles is 2. The molecule has 0 bridgehead atoms. The zero-order chi connectivity index (χ0) is 28.2. The van der Waals surface area contributed by atoms with Crippen LogP contribution in [0, 0.1) is 22.7 Å². The number of rotatable bonds is 3. The van der Waals surface area contributed by atoms with Gasteiger partial charge in [-0.1, -0.05) is 66.7 Å². The molecule has 0 atom stereocenters. The predicted octanol–water partition coefficient (Wildman–Crippen LogP) is 9.29. The van der Waals surface area contributed by atoms with E-state index in [1.807, 2.05) is 12.1 Å². The van der Waals surface area contributed by atoms with Crippen molar-refractivity contribution in [2.45, 2.75) is 0 Å². The van der Waals surface area contributed by atoms with E-state index in [-0.39, 0.29) is 0 Å². The molecule has 0 unspecified atom stereocenters. The molecule has 6 aromatic carbocycles. The van der Waals surface area contributed by atoms with Gasteiger partial charge in [0.25, 0.3) is 0 Å². The number of para-hydroxylation sites is 3. The quantitative estimate of drug-likeness (QED) is 0.227. The molecule has 8 aromatic rings. The summed E-state index contributed by atoms with van der Waals surface area (Å²) in [6.07, 6.45) is 0. The molecule has 194 valence electrons. The molecule has 4 nitrogen and oxygen atoms in total. The van der Waals surface area contributed by atoms with Crippen molar-refractivity contribution in [3.63, 3.8) is 0 Å². The maximum absolute atomic E-state index is 9.81. The summed E-state index contributed by atoms with van der Waals surface area (Å²) < 4.78 is 4.63. The zero-order valence-electron chi connectivity index (χ0n) is 22.5. The highest BCUT2D eigenvalue weighted by Gasteiger charge is 2.18. The van der Waals surface area contributed by atoms with E-state index in [4.69, 9.17) is 0 Å². The minimum Gasteiger partial charge on any atom is -0.309 e. The molecule has 2 heterocycles. The molecule has 0 aliphatic heterocycles. The number of benzene rings is 6. The van der Waals surface area contributed by atoms with Gasteiger partial charge in [0.15, 0.2) is 0 Å². The molecule has 0 spiro atoms. The van der Waals surface area contributed by atoms with Gasteiger partial charge in [0.2, 0.25) is 0 Å². The highest BCUT2D eigenvalue weighted by molar-refractivity contribution is 6.13. The molecular formula is C38H22N4. The van der Waals surface area contributed by atoms with E-state index in [1.54, 1.807) is 18.2 Å². The summed E-state index contributed by atoms with van der Waals surface area (Å²) >= 11 is 0. The zero-order valence-corrected chi connectivity index (χ0v) is 22.5. The maximum atomic E-state index is 9.81. The SMILES string of the molecule is N#Cc1cccc(C#N)c1-c1ccc2c(c1)c1ccccc1n2-c1ccc2c(c1)c1ccccc1n2-c1ccccc1. The molecule has 4 heteroatoms. The third-order valence-electron chi connectivity index (χ3n) is 8.20. The minimum absolute atomic E-state index is 0.498. The standard InChI is InChI=1S/C38H22N4/c39-23-26-9-8-10-27(24-40)38(26)25-17-19-36-32(21-25)30-13-4-7-16-35(30)42(36)29-18-20-37-33(22-29)31-14-5-6-15-34(31)41(37)28-11-2-1-3-12-28/h1-22H. The molecule has 0 aliphatic rings. The summed E-state index contributed by atoms with van der Waals surface area (Å²) in [5.74, 6) is 0. The Balaban J connectivity index is 1.40. The van der Waals surface area contributed by atoms with E-state index in [0.717, 1.165) is 44.3 Å². The van der Waals surface area contributed by atoms with Crippen LogP contribution < -0.4 is 0 Å².